The number of carbonyl (C=O) groups is 1. The smallest absolute Gasteiger partial charge is 0.220 e. The SMILES string of the molecule is CC(C)C(C)NC(=O)CC1(CN)CCC1. The van der Waals surface area contributed by atoms with E-state index in [-0.39, 0.29) is 17.4 Å². The third-order valence-electron chi connectivity index (χ3n) is 3.77. The van der Waals surface area contributed by atoms with E-state index in [2.05, 4.69) is 26.1 Å². The molecule has 1 saturated carbocycles. The van der Waals surface area contributed by atoms with Crippen LogP contribution in [0.15, 0.2) is 0 Å². The Balaban J connectivity index is 2.35. The minimum atomic E-state index is 0.126. The molecule has 3 N–H and O–H groups in total. The van der Waals surface area contributed by atoms with Crippen LogP contribution in [0.4, 0.5) is 0 Å². The molecule has 0 aromatic carbocycles. The van der Waals surface area contributed by atoms with Crippen molar-refractivity contribution in [2.24, 2.45) is 17.1 Å². The average Bonchev–Trinajstić information content (AvgIpc) is 2.11. The summed E-state index contributed by atoms with van der Waals surface area (Å²) in [7, 11) is 0. The molecule has 0 saturated heterocycles. The molecule has 15 heavy (non-hydrogen) atoms. The maximum atomic E-state index is 11.8. The van der Waals surface area contributed by atoms with Gasteiger partial charge in [0.15, 0.2) is 0 Å². The summed E-state index contributed by atoms with van der Waals surface area (Å²) in [5.74, 6) is 0.658. The van der Waals surface area contributed by atoms with Crippen LogP contribution in [-0.4, -0.2) is 18.5 Å². The second-order valence-corrected chi connectivity index (χ2v) is 5.33. The molecular weight excluding hydrogens is 188 g/mol. The van der Waals surface area contributed by atoms with Crippen LogP contribution in [0.25, 0.3) is 0 Å². The molecule has 1 unspecified atom stereocenters. The number of rotatable bonds is 5. The van der Waals surface area contributed by atoms with E-state index in [1.54, 1.807) is 0 Å². The van der Waals surface area contributed by atoms with Gasteiger partial charge in [0.2, 0.25) is 5.91 Å². The summed E-state index contributed by atoms with van der Waals surface area (Å²) >= 11 is 0. The predicted molar refractivity (Wildman–Crippen MR) is 62.4 cm³/mol. The van der Waals surface area contributed by atoms with Crippen LogP contribution in [0.2, 0.25) is 0 Å². The molecule has 0 bridgehead atoms. The molecule has 1 atom stereocenters. The molecule has 0 heterocycles. The minimum Gasteiger partial charge on any atom is -0.353 e. The number of hydrogen-bond acceptors (Lipinski definition) is 2. The molecule has 88 valence electrons. The Bertz CT molecular complexity index is 216. The van der Waals surface area contributed by atoms with Gasteiger partial charge in [-0.1, -0.05) is 20.3 Å². The first-order chi connectivity index (χ1) is 6.99. The highest BCUT2D eigenvalue weighted by molar-refractivity contribution is 5.77. The fraction of sp³-hybridized carbons (Fsp3) is 0.917. The van der Waals surface area contributed by atoms with E-state index in [0.717, 1.165) is 12.8 Å². The first-order valence-corrected chi connectivity index (χ1v) is 5.98. The van der Waals surface area contributed by atoms with E-state index in [0.29, 0.717) is 18.9 Å². The van der Waals surface area contributed by atoms with Gasteiger partial charge < -0.3 is 11.1 Å². The molecule has 0 aliphatic heterocycles. The Morgan fingerprint density at radius 3 is 2.33 bits per heavy atom. The largest absolute Gasteiger partial charge is 0.353 e. The minimum absolute atomic E-state index is 0.126. The zero-order valence-corrected chi connectivity index (χ0v) is 10.2. The Labute approximate surface area is 92.8 Å². The van der Waals surface area contributed by atoms with Gasteiger partial charge in [0.05, 0.1) is 0 Å². The fourth-order valence-electron chi connectivity index (χ4n) is 1.94. The standard InChI is InChI=1S/C12H24N2O/c1-9(2)10(3)14-11(15)7-12(8-13)5-4-6-12/h9-10H,4-8,13H2,1-3H3,(H,14,15). The lowest BCUT2D eigenvalue weighted by Crippen LogP contribution is -2.44. The Morgan fingerprint density at radius 1 is 1.40 bits per heavy atom. The van der Waals surface area contributed by atoms with Crippen molar-refractivity contribution in [3.05, 3.63) is 0 Å². The van der Waals surface area contributed by atoms with E-state index in [4.69, 9.17) is 5.73 Å². The first kappa shape index (κ1) is 12.5. The van der Waals surface area contributed by atoms with Gasteiger partial charge in [0.25, 0.3) is 0 Å². The molecule has 3 nitrogen and oxygen atoms in total. The van der Waals surface area contributed by atoms with Crippen molar-refractivity contribution in [1.29, 1.82) is 0 Å². The van der Waals surface area contributed by atoms with Crippen LogP contribution in [0.5, 0.6) is 0 Å². The molecule has 0 spiro atoms. The van der Waals surface area contributed by atoms with Crippen LogP contribution < -0.4 is 11.1 Å². The third-order valence-corrected chi connectivity index (χ3v) is 3.77. The van der Waals surface area contributed by atoms with Gasteiger partial charge in [0.1, 0.15) is 0 Å². The number of carbonyl (C=O) groups excluding carboxylic acids is 1. The van der Waals surface area contributed by atoms with E-state index in [9.17, 15) is 4.79 Å². The normalized spacial score (nSPS) is 20.9. The molecule has 1 aliphatic carbocycles. The van der Waals surface area contributed by atoms with E-state index in [1.165, 1.54) is 6.42 Å². The summed E-state index contributed by atoms with van der Waals surface area (Å²) in [6.45, 7) is 6.94. The Hall–Kier alpha value is -0.570. The molecule has 1 aliphatic rings. The Kier molecular flexibility index (Phi) is 4.14. The summed E-state index contributed by atoms with van der Waals surface area (Å²) in [4.78, 5) is 11.8. The van der Waals surface area contributed by atoms with Crippen molar-refractivity contribution in [3.63, 3.8) is 0 Å². The molecule has 3 heteroatoms. The van der Waals surface area contributed by atoms with Crippen LogP contribution >= 0.6 is 0 Å². The maximum Gasteiger partial charge on any atom is 0.220 e. The monoisotopic (exact) mass is 212 g/mol. The lowest BCUT2D eigenvalue weighted by atomic mass is 9.66. The van der Waals surface area contributed by atoms with Gasteiger partial charge in [0, 0.05) is 12.5 Å². The van der Waals surface area contributed by atoms with E-state index < -0.39 is 0 Å². The second kappa shape index (κ2) is 4.97. The number of nitrogens with one attached hydrogen (secondary N) is 1. The van der Waals surface area contributed by atoms with Crippen molar-refractivity contribution in [2.75, 3.05) is 6.54 Å². The van der Waals surface area contributed by atoms with Gasteiger partial charge in [-0.2, -0.15) is 0 Å². The molecule has 0 radical (unpaired) electrons. The third kappa shape index (κ3) is 3.20. The van der Waals surface area contributed by atoms with Gasteiger partial charge in [-0.3, -0.25) is 4.79 Å². The summed E-state index contributed by atoms with van der Waals surface area (Å²) in [5.41, 5.74) is 5.85. The van der Waals surface area contributed by atoms with Crippen LogP contribution in [0.3, 0.4) is 0 Å². The van der Waals surface area contributed by atoms with Crippen molar-refractivity contribution in [3.8, 4) is 0 Å². The van der Waals surface area contributed by atoms with Gasteiger partial charge >= 0.3 is 0 Å². The summed E-state index contributed by atoms with van der Waals surface area (Å²) in [5, 5.41) is 3.04. The van der Waals surface area contributed by atoms with Crippen molar-refractivity contribution < 1.29 is 4.79 Å². The zero-order chi connectivity index (χ0) is 11.5. The molecule has 1 fully saturated rings. The lowest BCUT2D eigenvalue weighted by molar-refractivity contribution is -0.125. The first-order valence-electron chi connectivity index (χ1n) is 5.98. The highest BCUT2D eigenvalue weighted by Gasteiger charge is 2.37. The lowest BCUT2D eigenvalue weighted by Gasteiger charge is -2.40. The topological polar surface area (TPSA) is 55.1 Å². The quantitative estimate of drug-likeness (QED) is 0.728. The van der Waals surface area contributed by atoms with Gasteiger partial charge in [-0.25, -0.2) is 0 Å². The maximum absolute atomic E-state index is 11.8. The number of nitrogens with two attached hydrogens (primary N) is 1. The number of amides is 1. The second-order valence-electron chi connectivity index (χ2n) is 5.33. The highest BCUT2D eigenvalue weighted by Crippen LogP contribution is 2.42. The fourth-order valence-corrected chi connectivity index (χ4v) is 1.94. The molecule has 1 amide bonds. The van der Waals surface area contributed by atoms with Crippen molar-refractivity contribution >= 4 is 5.91 Å². The summed E-state index contributed by atoms with van der Waals surface area (Å²) in [6, 6.07) is 0.257. The van der Waals surface area contributed by atoms with Crippen molar-refractivity contribution in [1.82, 2.24) is 5.32 Å². The van der Waals surface area contributed by atoms with Crippen LogP contribution in [0.1, 0.15) is 46.5 Å². The van der Waals surface area contributed by atoms with Crippen molar-refractivity contribution in [2.45, 2.75) is 52.5 Å². The van der Waals surface area contributed by atoms with Crippen LogP contribution in [-0.2, 0) is 4.79 Å². The predicted octanol–water partition coefficient (Wildman–Crippen LogP) is 1.67. The summed E-state index contributed by atoms with van der Waals surface area (Å²) in [6.07, 6.45) is 4.07. The molecule has 0 aromatic rings. The number of hydrogen-bond donors (Lipinski definition) is 2. The van der Waals surface area contributed by atoms with Gasteiger partial charge in [-0.05, 0) is 37.6 Å². The molecular formula is C12H24N2O. The molecule has 0 aromatic heterocycles. The van der Waals surface area contributed by atoms with Crippen LogP contribution in [0, 0.1) is 11.3 Å². The van der Waals surface area contributed by atoms with Gasteiger partial charge in [-0.15, -0.1) is 0 Å². The molecule has 1 rings (SSSR count). The average molecular weight is 212 g/mol. The highest BCUT2D eigenvalue weighted by atomic mass is 16.1. The van der Waals surface area contributed by atoms with E-state index >= 15 is 0 Å². The van der Waals surface area contributed by atoms with E-state index in [1.807, 2.05) is 0 Å². The Morgan fingerprint density at radius 2 is 2.00 bits per heavy atom. The zero-order valence-electron chi connectivity index (χ0n) is 10.2. The summed E-state index contributed by atoms with van der Waals surface area (Å²) < 4.78 is 0.